The number of H-pyrrole nitrogens is 1. The van der Waals surface area contributed by atoms with Gasteiger partial charge in [-0.2, -0.15) is 13.9 Å². The molecule has 0 radical (unpaired) electrons. The van der Waals surface area contributed by atoms with Crippen LogP contribution in [0.5, 0.6) is 0 Å². The molecule has 0 aliphatic carbocycles. The lowest BCUT2D eigenvalue weighted by Gasteiger charge is -2.35. The van der Waals surface area contributed by atoms with Crippen molar-refractivity contribution in [3.63, 3.8) is 0 Å². The Morgan fingerprint density at radius 3 is 2.64 bits per heavy atom. The monoisotopic (exact) mass is 645 g/mol. The number of alkyl halides is 2. The van der Waals surface area contributed by atoms with Crippen LogP contribution in [0, 0.1) is 6.92 Å². The van der Waals surface area contributed by atoms with Crippen molar-refractivity contribution in [1.29, 1.82) is 0 Å². The number of nitrogens with one attached hydrogen (secondary N) is 3. The average Bonchev–Trinajstić information content (AvgIpc) is 3.69. The maximum atomic E-state index is 14.2. The number of aromatic amines is 1. The second kappa shape index (κ2) is 11.3. The second-order valence-corrected chi connectivity index (χ2v) is 14.1. The van der Waals surface area contributed by atoms with Crippen molar-refractivity contribution in [2.45, 2.75) is 69.2 Å². The van der Waals surface area contributed by atoms with Crippen molar-refractivity contribution in [2.24, 2.45) is 0 Å². The number of amides is 3. The largest absolute Gasteiger partial charge is 0.399 e. The van der Waals surface area contributed by atoms with Crippen LogP contribution in [0.1, 0.15) is 59.5 Å². The zero-order valence-corrected chi connectivity index (χ0v) is 25.3. The summed E-state index contributed by atoms with van der Waals surface area (Å²) in [5.74, 6) is -1.22. The van der Waals surface area contributed by atoms with Crippen LogP contribution in [0.25, 0.3) is 21.0 Å². The molecule has 2 aromatic carbocycles. The van der Waals surface area contributed by atoms with Gasteiger partial charge in [-0.15, -0.1) is 11.3 Å². The summed E-state index contributed by atoms with van der Waals surface area (Å²) in [6.07, 6.45) is 3.83. The summed E-state index contributed by atoms with van der Waals surface area (Å²) in [4.78, 5) is 60.6. The smallest absolute Gasteiger partial charge is 0.340 e. The molecule has 2 aromatic heterocycles. The van der Waals surface area contributed by atoms with E-state index in [1.54, 1.807) is 17.0 Å². The minimum absolute atomic E-state index is 0.130. The predicted octanol–water partition coefficient (Wildman–Crippen LogP) is 4.98. The van der Waals surface area contributed by atoms with Crippen molar-refractivity contribution in [3.05, 3.63) is 58.6 Å². The Morgan fingerprint density at radius 1 is 1.09 bits per heavy atom. The molecule has 0 bridgehead atoms. The lowest BCUT2D eigenvalue weighted by Crippen LogP contribution is -2.55. The first-order valence-electron chi connectivity index (χ1n) is 14.2. The van der Waals surface area contributed by atoms with Crippen LogP contribution in [0.2, 0.25) is 0 Å². The molecular weight excluding hydrogens is 615 g/mol. The number of carbonyl (C=O) groups excluding carboxylic acids is 3. The minimum Gasteiger partial charge on any atom is -0.340 e. The van der Waals surface area contributed by atoms with E-state index < -0.39 is 36.8 Å². The first-order valence-corrected chi connectivity index (χ1v) is 16.6. The van der Waals surface area contributed by atoms with Crippen molar-refractivity contribution in [1.82, 2.24) is 20.4 Å². The van der Waals surface area contributed by atoms with Crippen LogP contribution in [0.3, 0.4) is 0 Å². The first kappa shape index (κ1) is 30.3. The molecule has 232 valence electrons. The zero-order valence-electron chi connectivity index (χ0n) is 23.5. The number of rotatable bonds is 6. The number of aryl methyl sites for hydroxylation is 1. The fourth-order valence-electron chi connectivity index (χ4n) is 6.10. The molecule has 44 heavy (non-hydrogen) atoms. The summed E-state index contributed by atoms with van der Waals surface area (Å²) in [6, 6.07) is 8.18. The fourth-order valence-corrected chi connectivity index (χ4v) is 7.53. The Labute approximate surface area is 254 Å². The highest BCUT2D eigenvalue weighted by molar-refractivity contribution is 7.52. The van der Waals surface area contributed by atoms with E-state index in [-0.39, 0.29) is 28.1 Å². The topological polar surface area (TPSA) is 165 Å². The van der Waals surface area contributed by atoms with Gasteiger partial charge >= 0.3 is 13.3 Å². The molecule has 2 saturated heterocycles. The van der Waals surface area contributed by atoms with E-state index in [2.05, 4.69) is 20.8 Å². The number of aromatic nitrogens is 2. The molecule has 0 unspecified atom stereocenters. The Balaban J connectivity index is 1.19. The van der Waals surface area contributed by atoms with Gasteiger partial charge in [-0.25, -0.2) is 0 Å². The number of hydrogen-bond donors (Lipinski definition) is 5. The molecule has 3 atom stereocenters. The van der Waals surface area contributed by atoms with Crippen LogP contribution < -0.4 is 10.6 Å². The zero-order chi connectivity index (χ0) is 31.4. The van der Waals surface area contributed by atoms with Crippen molar-refractivity contribution in [3.8, 4) is 0 Å². The number of nitrogens with zero attached hydrogens (tertiary/aromatic N) is 2. The van der Waals surface area contributed by atoms with Gasteiger partial charge in [0, 0.05) is 33.1 Å². The van der Waals surface area contributed by atoms with Crippen LogP contribution >= 0.6 is 18.9 Å². The van der Waals surface area contributed by atoms with Gasteiger partial charge in [0.05, 0.1) is 10.4 Å². The van der Waals surface area contributed by atoms with E-state index in [0.717, 1.165) is 52.9 Å². The van der Waals surface area contributed by atoms with Crippen LogP contribution in [-0.2, 0) is 19.8 Å². The highest BCUT2D eigenvalue weighted by atomic mass is 32.1. The van der Waals surface area contributed by atoms with Gasteiger partial charge in [-0.1, -0.05) is 18.9 Å². The summed E-state index contributed by atoms with van der Waals surface area (Å²) in [7, 11) is -5.75. The van der Waals surface area contributed by atoms with Gasteiger partial charge in [-0.05, 0) is 74.4 Å². The lowest BCUT2D eigenvalue weighted by atomic mass is 9.99. The van der Waals surface area contributed by atoms with E-state index in [4.69, 9.17) is 9.79 Å². The third-order valence-electron chi connectivity index (χ3n) is 8.41. The third kappa shape index (κ3) is 5.51. The number of thiophene rings is 1. The molecule has 5 N–H and O–H groups in total. The molecule has 3 amide bonds. The molecule has 4 heterocycles. The highest BCUT2D eigenvalue weighted by Crippen LogP contribution is 2.59. The molecule has 2 fully saturated rings. The summed E-state index contributed by atoms with van der Waals surface area (Å²) >= 11 is 1.01. The first-order chi connectivity index (χ1) is 20.8. The average molecular weight is 646 g/mol. The van der Waals surface area contributed by atoms with Crippen LogP contribution in [-0.4, -0.2) is 60.7 Å². The van der Waals surface area contributed by atoms with Gasteiger partial charge in [0.25, 0.3) is 5.91 Å². The molecule has 11 nitrogen and oxygen atoms in total. The number of halogens is 2. The second-order valence-electron chi connectivity index (χ2n) is 11.3. The van der Waals surface area contributed by atoms with Crippen molar-refractivity contribution < 1.29 is 37.5 Å². The molecular formula is C29H30F2N5O6PS. The standard InChI is InChI=1S/C29H30F2N5O6PS/c1-15-20-14-18(7-9-21(20)35-34-15)32-26(37)23-10-8-19-4-2-3-5-22(28(39)36(19)23)33-27(38)25-13-16-12-17(6-11-24(16)44-25)29(30,31)43(40,41)42/h6-7,9,11-14,19,22-23H,2-5,8,10H2,1H3,(H,32,37)(H,33,38)(H,34,35)(H2,40,41,42)/t19-,22-,23-/m0/s1. The summed E-state index contributed by atoms with van der Waals surface area (Å²) in [5, 5.41) is 13.9. The summed E-state index contributed by atoms with van der Waals surface area (Å²) in [6.45, 7) is 1.89. The maximum Gasteiger partial charge on any atom is 0.399 e. The Morgan fingerprint density at radius 2 is 1.86 bits per heavy atom. The number of anilines is 1. The molecule has 0 spiro atoms. The minimum atomic E-state index is -5.75. The Kier molecular flexibility index (Phi) is 7.81. The van der Waals surface area contributed by atoms with Gasteiger partial charge in [0.15, 0.2) is 0 Å². The third-order valence-corrected chi connectivity index (χ3v) is 10.5. The number of fused-ring (bicyclic) bond motifs is 3. The Hall–Kier alpha value is -3.71. The number of carbonyl (C=O) groups is 3. The summed E-state index contributed by atoms with van der Waals surface area (Å²) in [5.41, 5.74) is -3.00. The quantitative estimate of drug-likeness (QED) is 0.185. The van der Waals surface area contributed by atoms with Crippen molar-refractivity contribution >= 4 is 63.3 Å². The SMILES string of the molecule is Cc1[nH]nc2ccc(NC(=O)[C@@H]3CC[C@@H]4CCCC[C@H](NC(=O)c5cc6cc(C(F)(F)P(=O)(O)O)ccc6s5)C(=O)N43)cc12. The van der Waals surface area contributed by atoms with Gasteiger partial charge in [0.2, 0.25) is 11.8 Å². The van der Waals surface area contributed by atoms with E-state index in [0.29, 0.717) is 36.1 Å². The van der Waals surface area contributed by atoms with Gasteiger partial charge < -0.3 is 25.3 Å². The van der Waals surface area contributed by atoms with Crippen molar-refractivity contribution in [2.75, 3.05) is 5.32 Å². The molecule has 2 aliphatic rings. The highest BCUT2D eigenvalue weighted by Gasteiger charge is 2.50. The van der Waals surface area contributed by atoms with E-state index >= 15 is 0 Å². The molecule has 6 rings (SSSR count). The molecule has 0 saturated carbocycles. The molecule has 15 heteroatoms. The molecule has 2 aliphatic heterocycles. The van der Waals surface area contributed by atoms with Crippen LogP contribution in [0.4, 0.5) is 14.5 Å². The molecule has 4 aromatic rings. The predicted molar refractivity (Wildman–Crippen MR) is 161 cm³/mol. The van der Waals surface area contributed by atoms with Gasteiger partial charge in [-0.3, -0.25) is 24.0 Å². The number of hydrogen-bond acceptors (Lipinski definition) is 6. The van der Waals surface area contributed by atoms with Crippen LogP contribution in [0.15, 0.2) is 42.5 Å². The van der Waals surface area contributed by atoms with E-state index in [1.807, 2.05) is 13.0 Å². The normalized spacial score (nSPS) is 21.2. The fraction of sp³-hybridized carbons (Fsp3) is 0.379. The number of benzene rings is 2. The lowest BCUT2D eigenvalue weighted by molar-refractivity contribution is -0.141. The van der Waals surface area contributed by atoms with Gasteiger partial charge in [0.1, 0.15) is 12.1 Å². The Bertz CT molecular complexity index is 1840. The van der Waals surface area contributed by atoms with E-state index in [1.165, 1.54) is 12.1 Å². The summed E-state index contributed by atoms with van der Waals surface area (Å²) < 4.78 is 40.3. The maximum absolute atomic E-state index is 14.2. The van der Waals surface area contributed by atoms with E-state index in [9.17, 15) is 27.7 Å².